The second-order valence-corrected chi connectivity index (χ2v) is 4.37. The molecule has 0 bridgehead atoms. The van der Waals surface area contributed by atoms with Crippen molar-refractivity contribution in [1.82, 2.24) is 19.6 Å². The first kappa shape index (κ1) is 12.3. The SMILES string of the molecule is CC(C)c1cc(=O)n2[nH]c(CCC(=O)O)nc2n1. The molecule has 0 aromatic carbocycles. The molecule has 0 spiro atoms. The van der Waals surface area contributed by atoms with E-state index in [0.29, 0.717) is 11.5 Å². The number of aryl methyl sites for hydroxylation is 1. The third kappa shape index (κ3) is 2.39. The molecule has 0 unspecified atom stereocenters. The van der Waals surface area contributed by atoms with Gasteiger partial charge in [-0.05, 0) is 5.92 Å². The Kier molecular flexibility index (Phi) is 3.14. The van der Waals surface area contributed by atoms with Gasteiger partial charge in [-0.25, -0.2) is 4.98 Å². The van der Waals surface area contributed by atoms with Crippen LogP contribution in [0.2, 0.25) is 0 Å². The summed E-state index contributed by atoms with van der Waals surface area (Å²) in [6.45, 7) is 3.88. The molecule has 2 heterocycles. The van der Waals surface area contributed by atoms with Crippen LogP contribution in [0, 0.1) is 0 Å². The highest BCUT2D eigenvalue weighted by molar-refractivity contribution is 5.66. The predicted octanol–water partition coefficient (Wildman–Crippen LogP) is 0.558. The summed E-state index contributed by atoms with van der Waals surface area (Å²) >= 11 is 0. The van der Waals surface area contributed by atoms with Crippen molar-refractivity contribution in [3.05, 3.63) is 27.9 Å². The van der Waals surface area contributed by atoms with Gasteiger partial charge in [-0.15, -0.1) is 0 Å². The summed E-state index contributed by atoms with van der Waals surface area (Å²) in [7, 11) is 0. The van der Waals surface area contributed by atoms with Crippen molar-refractivity contribution in [2.45, 2.75) is 32.6 Å². The van der Waals surface area contributed by atoms with Crippen molar-refractivity contribution in [2.75, 3.05) is 0 Å². The molecule has 0 aliphatic heterocycles. The van der Waals surface area contributed by atoms with Crippen molar-refractivity contribution in [2.24, 2.45) is 0 Å². The fourth-order valence-corrected chi connectivity index (χ4v) is 1.58. The molecule has 2 N–H and O–H groups in total. The van der Waals surface area contributed by atoms with Gasteiger partial charge >= 0.3 is 5.97 Å². The smallest absolute Gasteiger partial charge is 0.303 e. The van der Waals surface area contributed by atoms with Crippen LogP contribution in [0.15, 0.2) is 10.9 Å². The van der Waals surface area contributed by atoms with E-state index in [1.165, 1.54) is 10.6 Å². The normalized spacial score (nSPS) is 11.3. The second kappa shape index (κ2) is 4.59. The van der Waals surface area contributed by atoms with Gasteiger partial charge in [-0.2, -0.15) is 9.50 Å². The maximum absolute atomic E-state index is 11.8. The molecular formula is C11H14N4O3. The Morgan fingerprint density at radius 1 is 1.50 bits per heavy atom. The summed E-state index contributed by atoms with van der Waals surface area (Å²) in [6.07, 6.45) is 0.209. The van der Waals surface area contributed by atoms with Gasteiger partial charge in [-0.1, -0.05) is 13.8 Å². The number of nitrogens with zero attached hydrogens (tertiary/aromatic N) is 3. The van der Waals surface area contributed by atoms with Crippen LogP contribution in [0.5, 0.6) is 0 Å². The van der Waals surface area contributed by atoms with Gasteiger partial charge in [0, 0.05) is 12.5 Å². The Bertz CT molecular complexity index is 641. The predicted molar refractivity (Wildman–Crippen MR) is 63.7 cm³/mol. The molecule has 7 nitrogen and oxygen atoms in total. The fraction of sp³-hybridized carbons (Fsp3) is 0.455. The molecule has 0 fully saturated rings. The zero-order valence-corrected chi connectivity index (χ0v) is 10.2. The molecule has 0 saturated carbocycles. The highest BCUT2D eigenvalue weighted by Gasteiger charge is 2.10. The summed E-state index contributed by atoms with van der Waals surface area (Å²) in [5.41, 5.74) is 0.439. The average molecular weight is 250 g/mol. The fourth-order valence-electron chi connectivity index (χ4n) is 1.58. The van der Waals surface area contributed by atoms with Crippen molar-refractivity contribution in [1.29, 1.82) is 0 Å². The molecule has 96 valence electrons. The Hall–Kier alpha value is -2.18. The number of H-pyrrole nitrogens is 1. The topological polar surface area (TPSA) is 100 Å². The van der Waals surface area contributed by atoms with Crippen LogP contribution in [0.25, 0.3) is 5.78 Å². The third-order valence-electron chi connectivity index (χ3n) is 2.56. The quantitative estimate of drug-likeness (QED) is 0.825. The first-order chi connectivity index (χ1) is 8.47. The van der Waals surface area contributed by atoms with Crippen molar-refractivity contribution >= 4 is 11.7 Å². The number of hydrogen-bond acceptors (Lipinski definition) is 4. The molecular weight excluding hydrogens is 236 g/mol. The maximum atomic E-state index is 11.8. The summed E-state index contributed by atoms with van der Waals surface area (Å²) in [5, 5.41) is 11.3. The zero-order chi connectivity index (χ0) is 13.3. The Labute approximate surface area is 102 Å². The first-order valence-corrected chi connectivity index (χ1v) is 5.67. The second-order valence-electron chi connectivity index (χ2n) is 4.37. The summed E-state index contributed by atoms with van der Waals surface area (Å²) in [6, 6.07) is 1.46. The Morgan fingerprint density at radius 2 is 2.22 bits per heavy atom. The van der Waals surface area contributed by atoms with E-state index in [-0.39, 0.29) is 30.1 Å². The van der Waals surface area contributed by atoms with E-state index in [9.17, 15) is 9.59 Å². The number of carboxylic acid groups (broad SMARTS) is 1. The minimum Gasteiger partial charge on any atom is -0.481 e. The van der Waals surface area contributed by atoms with Gasteiger partial charge in [0.25, 0.3) is 11.3 Å². The first-order valence-electron chi connectivity index (χ1n) is 5.67. The molecule has 18 heavy (non-hydrogen) atoms. The average Bonchev–Trinajstić information content (AvgIpc) is 2.69. The third-order valence-corrected chi connectivity index (χ3v) is 2.56. The van der Waals surface area contributed by atoms with E-state index in [1.807, 2.05) is 13.8 Å². The van der Waals surface area contributed by atoms with Crippen molar-refractivity contribution in [3.63, 3.8) is 0 Å². The summed E-state index contributed by atoms with van der Waals surface area (Å²) in [4.78, 5) is 30.6. The van der Waals surface area contributed by atoms with Gasteiger partial charge in [0.2, 0.25) is 0 Å². The number of rotatable bonds is 4. The number of fused-ring (bicyclic) bond motifs is 1. The van der Waals surface area contributed by atoms with Crippen LogP contribution in [-0.4, -0.2) is 30.7 Å². The van der Waals surface area contributed by atoms with Gasteiger partial charge < -0.3 is 5.11 Å². The molecule has 0 amide bonds. The largest absolute Gasteiger partial charge is 0.481 e. The highest BCUT2D eigenvalue weighted by Crippen LogP contribution is 2.09. The van der Waals surface area contributed by atoms with Crippen LogP contribution in [0.3, 0.4) is 0 Å². The van der Waals surface area contributed by atoms with Crippen molar-refractivity contribution < 1.29 is 9.90 Å². The van der Waals surface area contributed by atoms with Crippen molar-refractivity contribution in [3.8, 4) is 0 Å². The zero-order valence-electron chi connectivity index (χ0n) is 10.2. The number of aliphatic carboxylic acids is 1. The number of aromatic amines is 1. The van der Waals surface area contributed by atoms with Crippen LogP contribution in [0.4, 0.5) is 0 Å². The lowest BCUT2D eigenvalue weighted by Crippen LogP contribution is -2.16. The number of carbonyl (C=O) groups is 1. The molecule has 7 heteroatoms. The standard InChI is InChI=1S/C11H14N4O3/c1-6(2)7-5-9(16)15-11(12-7)13-8(14-15)3-4-10(17)18/h5-6H,3-4H2,1-2H3,(H,17,18)(H,12,13,14). The lowest BCUT2D eigenvalue weighted by Gasteiger charge is -2.01. The van der Waals surface area contributed by atoms with E-state index in [4.69, 9.17) is 5.11 Å². The molecule has 0 aliphatic carbocycles. The summed E-state index contributed by atoms with van der Waals surface area (Å²) in [5.74, 6) is -0.0324. The van der Waals surface area contributed by atoms with E-state index in [1.54, 1.807) is 0 Å². The van der Waals surface area contributed by atoms with Crippen LogP contribution in [0.1, 0.15) is 37.7 Å². The Morgan fingerprint density at radius 3 is 2.83 bits per heavy atom. The number of carboxylic acids is 1. The molecule has 2 aromatic rings. The number of aromatic nitrogens is 4. The van der Waals surface area contributed by atoms with Gasteiger partial charge in [-0.3, -0.25) is 14.7 Å². The van der Waals surface area contributed by atoms with Gasteiger partial charge in [0.1, 0.15) is 5.82 Å². The number of hydrogen-bond donors (Lipinski definition) is 2. The molecule has 0 saturated heterocycles. The summed E-state index contributed by atoms with van der Waals surface area (Å²) < 4.78 is 1.23. The van der Waals surface area contributed by atoms with E-state index < -0.39 is 5.97 Å². The minimum atomic E-state index is -0.904. The lowest BCUT2D eigenvalue weighted by atomic mass is 10.1. The van der Waals surface area contributed by atoms with E-state index in [0.717, 1.165) is 0 Å². The van der Waals surface area contributed by atoms with E-state index in [2.05, 4.69) is 15.1 Å². The van der Waals surface area contributed by atoms with Crippen LogP contribution >= 0.6 is 0 Å². The Balaban J connectivity index is 2.41. The van der Waals surface area contributed by atoms with Gasteiger partial charge in [0.05, 0.1) is 12.1 Å². The minimum absolute atomic E-state index is 0.0361. The van der Waals surface area contributed by atoms with E-state index >= 15 is 0 Å². The number of nitrogens with one attached hydrogen (secondary N) is 1. The molecule has 2 aromatic heterocycles. The highest BCUT2D eigenvalue weighted by atomic mass is 16.4. The lowest BCUT2D eigenvalue weighted by molar-refractivity contribution is -0.137. The molecule has 0 aliphatic rings. The monoisotopic (exact) mass is 250 g/mol. The maximum Gasteiger partial charge on any atom is 0.303 e. The van der Waals surface area contributed by atoms with Crippen LogP contribution in [-0.2, 0) is 11.2 Å². The molecule has 0 atom stereocenters. The molecule has 2 rings (SSSR count). The molecule has 0 radical (unpaired) electrons. The van der Waals surface area contributed by atoms with Crippen LogP contribution < -0.4 is 5.56 Å². The van der Waals surface area contributed by atoms with Gasteiger partial charge in [0.15, 0.2) is 0 Å².